The predicted molar refractivity (Wildman–Crippen MR) is 107 cm³/mol. The first kappa shape index (κ1) is 17.9. The molecule has 1 heteroatoms. The molecule has 0 spiro atoms. The van der Waals surface area contributed by atoms with E-state index in [0.717, 1.165) is 37.2 Å². The lowest BCUT2D eigenvalue weighted by Gasteiger charge is -2.36. The zero-order valence-electron chi connectivity index (χ0n) is 15.5. The normalized spacial score (nSPS) is 23.9. The maximum absolute atomic E-state index is 11.1. The van der Waals surface area contributed by atoms with Crippen LogP contribution in [0.15, 0.2) is 60.7 Å². The Labute approximate surface area is 152 Å². The van der Waals surface area contributed by atoms with Gasteiger partial charge in [-0.1, -0.05) is 66.2 Å². The van der Waals surface area contributed by atoms with Crippen molar-refractivity contribution in [2.75, 3.05) is 0 Å². The van der Waals surface area contributed by atoms with Gasteiger partial charge in [0.05, 0.1) is 5.60 Å². The molecule has 2 aromatic rings. The van der Waals surface area contributed by atoms with Crippen LogP contribution in [0.2, 0.25) is 0 Å². The molecule has 2 aromatic carbocycles. The second-order valence-electron chi connectivity index (χ2n) is 7.56. The standard InChI is InChI=1S/C24H30O/c1-3-4-5-6-20-15-17-24(25,18-16-20)23-13-11-22(12-14-23)21-9-7-19(2)8-10-21/h3-4,7-14,20,25H,5-6,15-18H2,1-2H3/b4-3+. The predicted octanol–water partition coefficient (Wildman–Crippen LogP) is 6.40. The summed E-state index contributed by atoms with van der Waals surface area (Å²) in [6.07, 6.45) is 10.9. The van der Waals surface area contributed by atoms with E-state index in [0.29, 0.717) is 0 Å². The van der Waals surface area contributed by atoms with Gasteiger partial charge in [0.2, 0.25) is 0 Å². The Morgan fingerprint density at radius 2 is 1.52 bits per heavy atom. The lowest BCUT2D eigenvalue weighted by Crippen LogP contribution is -2.31. The number of aliphatic hydroxyl groups is 1. The molecule has 0 radical (unpaired) electrons. The molecular formula is C24H30O. The summed E-state index contributed by atoms with van der Waals surface area (Å²) < 4.78 is 0. The molecule has 1 aliphatic rings. The van der Waals surface area contributed by atoms with E-state index in [4.69, 9.17) is 0 Å². The molecule has 0 bridgehead atoms. The zero-order valence-corrected chi connectivity index (χ0v) is 15.5. The molecule has 0 saturated heterocycles. The molecule has 0 unspecified atom stereocenters. The number of benzene rings is 2. The van der Waals surface area contributed by atoms with Gasteiger partial charge in [-0.05, 0) is 75.0 Å². The van der Waals surface area contributed by atoms with Crippen molar-refractivity contribution in [3.05, 3.63) is 71.8 Å². The summed E-state index contributed by atoms with van der Waals surface area (Å²) in [4.78, 5) is 0. The van der Waals surface area contributed by atoms with Crippen molar-refractivity contribution in [3.63, 3.8) is 0 Å². The summed E-state index contributed by atoms with van der Waals surface area (Å²) >= 11 is 0. The van der Waals surface area contributed by atoms with Gasteiger partial charge in [-0.3, -0.25) is 0 Å². The van der Waals surface area contributed by atoms with Crippen LogP contribution in [0.3, 0.4) is 0 Å². The molecule has 0 atom stereocenters. The highest BCUT2D eigenvalue weighted by Crippen LogP contribution is 2.41. The minimum atomic E-state index is -0.636. The highest BCUT2D eigenvalue weighted by atomic mass is 16.3. The Bertz CT molecular complexity index is 686. The van der Waals surface area contributed by atoms with Gasteiger partial charge in [-0.2, -0.15) is 0 Å². The molecule has 3 rings (SSSR count). The van der Waals surface area contributed by atoms with Gasteiger partial charge < -0.3 is 5.11 Å². The van der Waals surface area contributed by atoms with Crippen molar-refractivity contribution in [2.24, 2.45) is 5.92 Å². The Hall–Kier alpha value is -1.86. The summed E-state index contributed by atoms with van der Waals surface area (Å²) in [6, 6.07) is 17.2. The molecular weight excluding hydrogens is 304 g/mol. The molecule has 0 heterocycles. The van der Waals surface area contributed by atoms with Gasteiger partial charge >= 0.3 is 0 Å². The van der Waals surface area contributed by atoms with Gasteiger partial charge in [-0.25, -0.2) is 0 Å². The van der Waals surface area contributed by atoms with Gasteiger partial charge in [0.25, 0.3) is 0 Å². The summed E-state index contributed by atoms with van der Waals surface area (Å²) in [7, 11) is 0. The third-order valence-corrected chi connectivity index (χ3v) is 5.72. The van der Waals surface area contributed by atoms with E-state index in [9.17, 15) is 5.11 Å². The quantitative estimate of drug-likeness (QED) is 0.628. The Kier molecular flexibility index (Phi) is 5.75. The third-order valence-electron chi connectivity index (χ3n) is 5.72. The van der Waals surface area contributed by atoms with Crippen molar-refractivity contribution < 1.29 is 5.11 Å². The van der Waals surface area contributed by atoms with Crippen molar-refractivity contribution in [2.45, 2.75) is 58.0 Å². The smallest absolute Gasteiger partial charge is 0.0896 e. The van der Waals surface area contributed by atoms with Crippen molar-refractivity contribution >= 4 is 0 Å². The van der Waals surface area contributed by atoms with Gasteiger partial charge in [0, 0.05) is 0 Å². The molecule has 25 heavy (non-hydrogen) atoms. The van der Waals surface area contributed by atoms with Crippen LogP contribution < -0.4 is 0 Å². The summed E-state index contributed by atoms with van der Waals surface area (Å²) in [5.74, 6) is 0.767. The van der Waals surface area contributed by atoms with E-state index in [1.54, 1.807) is 0 Å². The SMILES string of the molecule is C/C=C/CCC1CCC(O)(c2ccc(-c3ccc(C)cc3)cc2)CC1. The Morgan fingerprint density at radius 3 is 2.08 bits per heavy atom. The average Bonchev–Trinajstić information content (AvgIpc) is 2.64. The van der Waals surface area contributed by atoms with Crippen molar-refractivity contribution in [3.8, 4) is 11.1 Å². The number of hydrogen-bond acceptors (Lipinski definition) is 1. The van der Waals surface area contributed by atoms with E-state index in [2.05, 4.69) is 74.5 Å². The van der Waals surface area contributed by atoms with E-state index in [1.165, 1.54) is 29.5 Å². The maximum Gasteiger partial charge on any atom is 0.0896 e. The fourth-order valence-electron chi connectivity index (χ4n) is 3.95. The molecule has 1 aliphatic carbocycles. The van der Waals surface area contributed by atoms with Gasteiger partial charge in [0.15, 0.2) is 0 Å². The summed E-state index contributed by atoms with van der Waals surface area (Å²) in [6.45, 7) is 4.19. The van der Waals surface area contributed by atoms with Crippen LogP contribution in [-0.2, 0) is 5.60 Å². The fourth-order valence-corrected chi connectivity index (χ4v) is 3.95. The van der Waals surface area contributed by atoms with Gasteiger partial charge in [0.1, 0.15) is 0 Å². The second kappa shape index (κ2) is 8.01. The summed E-state index contributed by atoms with van der Waals surface area (Å²) in [5.41, 5.74) is 4.17. The number of allylic oxidation sites excluding steroid dienone is 2. The van der Waals surface area contributed by atoms with Crippen LogP contribution in [0.1, 0.15) is 56.6 Å². The second-order valence-corrected chi connectivity index (χ2v) is 7.56. The molecule has 0 aromatic heterocycles. The zero-order chi connectivity index (χ0) is 17.7. The topological polar surface area (TPSA) is 20.2 Å². The molecule has 0 aliphatic heterocycles. The first-order chi connectivity index (χ1) is 12.1. The minimum absolute atomic E-state index is 0.636. The number of hydrogen-bond donors (Lipinski definition) is 1. The lowest BCUT2D eigenvalue weighted by molar-refractivity contribution is -0.0150. The van der Waals surface area contributed by atoms with E-state index in [-0.39, 0.29) is 0 Å². The lowest BCUT2D eigenvalue weighted by atomic mass is 9.74. The molecule has 132 valence electrons. The van der Waals surface area contributed by atoms with Crippen LogP contribution in [-0.4, -0.2) is 5.11 Å². The first-order valence-electron chi connectivity index (χ1n) is 9.62. The molecule has 0 amide bonds. The van der Waals surface area contributed by atoms with Crippen molar-refractivity contribution in [1.82, 2.24) is 0 Å². The average molecular weight is 335 g/mol. The van der Waals surface area contributed by atoms with Crippen LogP contribution in [0, 0.1) is 12.8 Å². The molecule has 1 fully saturated rings. The van der Waals surface area contributed by atoms with Crippen LogP contribution in [0.4, 0.5) is 0 Å². The van der Waals surface area contributed by atoms with E-state index in [1.807, 2.05) is 0 Å². The maximum atomic E-state index is 11.1. The molecule has 1 nitrogen and oxygen atoms in total. The highest BCUT2D eigenvalue weighted by molar-refractivity contribution is 5.64. The first-order valence-corrected chi connectivity index (χ1v) is 9.62. The minimum Gasteiger partial charge on any atom is -0.385 e. The van der Waals surface area contributed by atoms with Crippen molar-refractivity contribution in [1.29, 1.82) is 0 Å². The van der Waals surface area contributed by atoms with Gasteiger partial charge in [-0.15, -0.1) is 0 Å². The fraction of sp³-hybridized carbons (Fsp3) is 0.417. The van der Waals surface area contributed by atoms with Crippen LogP contribution in [0.25, 0.3) is 11.1 Å². The number of rotatable bonds is 5. The Morgan fingerprint density at radius 1 is 0.960 bits per heavy atom. The summed E-state index contributed by atoms with van der Waals surface area (Å²) in [5, 5.41) is 11.1. The van der Waals surface area contributed by atoms with E-state index >= 15 is 0 Å². The number of aryl methyl sites for hydroxylation is 1. The highest BCUT2D eigenvalue weighted by Gasteiger charge is 2.34. The monoisotopic (exact) mass is 334 g/mol. The Balaban J connectivity index is 1.65. The van der Waals surface area contributed by atoms with Crippen LogP contribution >= 0.6 is 0 Å². The molecule has 1 saturated carbocycles. The largest absolute Gasteiger partial charge is 0.385 e. The third kappa shape index (κ3) is 4.41. The molecule has 1 N–H and O–H groups in total. The van der Waals surface area contributed by atoms with E-state index < -0.39 is 5.60 Å². The van der Waals surface area contributed by atoms with Crippen LogP contribution in [0.5, 0.6) is 0 Å².